The molecule has 1 rings (SSSR count). The maximum atomic E-state index is 11.4. The summed E-state index contributed by atoms with van der Waals surface area (Å²) in [5, 5.41) is 3.32. The zero-order chi connectivity index (χ0) is 12.7. The summed E-state index contributed by atoms with van der Waals surface area (Å²) < 4.78 is 22.8. The van der Waals surface area contributed by atoms with Crippen molar-refractivity contribution in [1.82, 2.24) is 5.32 Å². The molecule has 0 aromatic heterocycles. The Morgan fingerprint density at radius 1 is 1.29 bits per heavy atom. The standard InChI is InChI=1S/C13H27NO2S/c1-3-17(15,16)11-12(2)14-10-6-9-13-7-4-5-8-13/h12-14H,3-11H2,1-2H3. The molecule has 0 saturated heterocycles. The van der Waals surface area contributed by atoms with Crippen LogP contribution in [0.5, 0.6) is 0 Å². The molecule has 1 unspecified atom stereocenters. The molecule has 0 bridgehead atoms. The summed E-state index contributed by atoms with van der Waals surface area (Å²) >= 11 is 0. The summed E-state index contributed by atoms with van der Waals surface area (Å²) in [4.78, 5) is 0. The molecular formula is C13H27NO2S. The van der Waals surface area contributed by atoms with Crippen molar-refractivity contribution in [3.8, 4) is 0 Å². The lowest BCUT2D eigenvalue weighted by atomic mass is 10.0. The number of nitrogens with one attached hydrogen (secondary N) is 1. The van der Waals surface area contributed by atoms with Gasteiger partial charge in [-0.15, -0.1) is 0 Å². The minimum absolute atomic E-state index is 0.0866. The average molecular weight is 261 g/mol. The van der Waals surface area contributed by atoms with Crippen molar-refractivity contribution in [3.63, 3.8) is 0 Å². The van der Waals surface area contributed by atoms with Crippen LogP contribution >= 0.6 is 0 Å². The lowest BCUT2D eigenvalue weighted by molar-refractivity contribution is 0.458. The Bertz CT molecular complexity index is 295. The smallest absolute Gasteiger partial charge is 0.151 e. The topological polar surface area (TPSA) is 46.2 Å². The second kappa shape index (κ2) is 7.37. The Labute approximate surface area is 106 Å². The van der Waals surface area contributed by atoms with Gasteiger partial charge in [0.15, 0.2) is 9.84 Å². The van der Waals surface area contributed by atoms with E-state index in [9.17, 15) is 8.42 Å². The predicted octanol–water partition coefficient (Wildman–Crippen LogP) is 2.37. The van der Waals surface area contributed by atoms with Crippen molar-refractivity contribution in [2.24, 2.45) is 5.92 Å². The lowest BCUT2D eigenvalue weighted by Crippen LogP contribution is -2.34. The highest BCUT2D eigenvalue weighted by atomic mass is 32.2. The SMILES string of the molecule is CCS(=O)(=O)CC(C)NCCCC1CCCC1. The monoisotopic (exact) mass is 261 g/mol. The van der Waals surface area contributed by atoms with E-state index in [-0.39, 0.29) is 17.5 Å². The third kappa shape index (κ3) is 6.41. The van der Waals surface area contributed by atoms with E-state index in [1.165, 1.54) is 38.5 Å². The van der Waals surface area contributed by atoms with E-state index < -0.39 is 9.84 Å². The van der Waals surface area contributed by atoms with Crippen LogP contribution in [0.3, 0.4) is 0 Å². The van der Waals surface area contributed by atoms with Gasteiger partial charge in [0.05, 0.1) is 5.75 Å². The van der Waals surface area contributed by atoms with Gasteiger partial charge in [-0.1, -0.05) is 32.6 Å². The Morgan fingerprint density at radius 3 is 2.53 bits per heavy atom. The highest BCUT2D eigenvalue weighted by Gasteiger charge is 2.15. The molecule has 1 N–H and O–H groups in total. The summed E-state index contributed by atoms with van der Waals surface area (Å²) in [7, 11) is -2.83. The quantitative estimate of drug-likeness (QED) is 0.682. The molecule has 1 aliphatic rings. The number of hydrogen-bond acceptors (Lipinski definition) is 3. The van der Waals surface area contributed by atoms with E-state index in [0.717, 1.165) is 12.5 Å². The molecule has 0 aliphatic heterocycles. The fourth-order valence-electron chi connectivity index (χ4n) is 2.60. The normalized spacial score (nSPS) is 19.6. The van der Waals surface area contributed by atoms with E-state index in [1.54, 1.807) is 6.92 Å². The van der Waals surface area contributed by atoms with Crippen molar-refractivity contribution in [2.45, 2.75) is 58.4 Å². The van der Waals surface area contributed by atoms with Crippen molar-refractivity contribution in [1.29, 1.82) is 0 Å². The molecule has 0 aromatic rings. The fraction of sp³-hybridized carbons (Fsp3) is 1.00. The van der Waals surface area contributed by atoms with Crippen LogP contribution in [0.4, 0.5) is 0 Å². The Kier molecular flexibility index (Phi) is 6.49. The zero-order valence-electron chi connectivity index (χ0n) is 11.2. The van der Waals surface area contributed by atoms with Gasteiger partial charge >= 0.3 is 0 Å². The first-order chi connectivity index (χ1) is 8.03. The maximum absolute atomic E-state index is 11.4. The van der Waals surface area contributed by atoms with Crippen LogP contribution in [-0.2, 0) is 9.84 Å². The Morgan fingerprint density at radius 2 is 1.94 bits per heavy atom. The van der Waals surface area contributed by atoms with Crippen molar-refractivity contribution >= 4 is 9.84 Å². The largest absolute Gasteiger partial charge is 0.313 e. The molecule has 0 spiro atoms. The third-order valence-electron chi connectivity index (χ3n) is 3.70. The van der Waals surface area contributed by atoms with Crippen LogP contribution in [0.25, 0.3) is 0 Å². The summed E-state index contributed by atoms with van der Waals surface area (Å²) in [5.41, 5.74) is 0. The molecule has 1 aliphatic carbocycles. The first-order valence-corrected chi connectivity index (χ1v) is 8.79. The number of rotatable bonds is 8. The molecule has 3 nitrogen and oxygen atoms in total. The molecular weight excluding hydrogens is 234 g/mol. The van der Waals surface area contributed by atoms with E-state index in [0.29, 0.717) is 0 Å². The molecule has 1 saturated carbocycles. The van der Waals surface area contributed by atoms with Gasteiger partial charge in [-0.25, -0.2) is 8.42 Å². The Hall–Kier alpha value is -0.0900. The molecule has 1 fully saturated rings. The van der Waals surface area contributed by atoms with Gasteiger partial charge < -0.3 is 5.32 Å². The highest BCUT2D eigenvalue weighted by molar-refractivity contribution is 7.91. The summed E-state index contributed by atoms with van der Waals surface area (Å²) in [6, 6.07) is 0.0866. The van der Waals surface area contributed by atoms with Gasteiger partial charge in [-0.05, 0) is 32.2 Å². The second-order valence-corrected chi connectivity index (χ2v) is 7.74. The summed E-state index contributed by atoms with van der Waals surface area (Å²) in [6.07, 6.45) is 8.10. The summed E-state index contributed by atoms with van der Waals surface area (Å²) in [5.74, 6) is 1.46. The van der Waals surface area contributed by atoms with Gasteiger partial charge in [0, 0.05) is 11.8 Å². The molecule has 0 amide bonds. The Balaban J connectivity index is 2.05. The maximum Gasteiger partial charge on any atom is 0.151 e. The van der Waals surface area contributed by atoms with Crippen LogP contribution in [0, 0.1) is 5.92 Å². The first kappa shape index (κ1) is 15.0. The average Bonchev–Trinajstić information content (AvgIpc) is 2.77. The molecule has 0 aromatic carbocycles. The minimum atomic E-state index is -2.83. The number of hydrogen-bond donors (Lipinski definition) is 1. The van der Waals surface area contributed by atoms with Crippen molar-refractivity contribution < 1.29 is 8.42 Å². The van der Waals surface area contributed by atoms with E-state index in [1.807, 2.05) is 6.92 Å². The summed E-state index contributed by atoms with van der Waals surface area (Å²) in [6.45, 7) is 4.63. The van der Waals surface area contributed by atoms with Gasteiger partial charge in [0.2, 0.25) is 0 Å². The predicted molar refractivity (Wildman–Crippen MR) is 73.0 cm³/mol. The van der Waals surface area contributed by atoms with Crippen LogP contribution in [0.15, 0.2) is 0 Å². The van der Waals surface area contributed by atoms with Gasteiger partial charge in [0.1, 0.15) is 0 Å². The van der Waals surface area contributed by atoms with Gasteiger partial charge in [-0.2, -0.15) is 0 Å². The van der Waals surface area contributed by atoms with Crippen LogP contribution in [-0.4, -0.2) is 32.5 Å². The van der Waals surface area contributed by atoms with Crippen LogP contribution in [0.1, 0.15) is 52.4 Å². The number of sulfone groups is 1. The lowest BCUT2D eigenvalue weighted by Gasteiger charge is -2.14. The molecule has 17 heavy (non-hydrogen) atoms. The van der Waals surface area contributed by atoms with Crippen molar-refractivity contribution in [3.05, 3.63) is 0 Å². The first-order valence-electron chi connectivity index (χ1n) is 6.97. The van der Waals surface area contributed by atoms with Crippen LogP contribution in [0.2, 0.25) is 0 Å². The van der Waals surface area contributed by atoms with E-state index in [4.69, 9.17) is 0 Å². The van der Waals surface area contributed by atoms with E-state index in [2.05, 4.69) is 5.32 Å². The highest BCUT2D eigenvalue weighted by Crippen LogP contribution is 2.28. The van der Waals surface area contributed by atoms with Crippen molar-refractivity contribution in [2.75, 3.05) is 18.1 Å². The second-order valence-electron chi connectivity index (χ2n) is 5.35. The zero-order valence-corrected chi connectivity index (χ0v) is 12.1. The molecule has 4 heteroatoms. The van der Waals surface area contributed by atoms with Gasteiger partial charge in [-0.3, -0.25) is 0 Å². The van der Waals surface area contributed by atoms with Crippen LogP contribution < -0.4 is 5.32 Å². The molecule has 102 valence electrons. The molecule has 0 heterocycles. The molecule has 1 atom stereocenters. The van der Waals surface area contributed by atoms with Gasteiger partial charge in [0.25, 0.3) is 0 Å². The van der Waals surface area contributed by atoms with E-state index >= 15 is 0 Å². The third-order valence-corrected chi connectivity index (χ3v) is 5.59. The molecule has 0 radical (unpaired) electrons. The minimum Gasteiger partial charge on any atom is -0.313 e. The fourth-order valence-corrected chi connectivity index (χ4v) is 3.71.